The fraction of sp³-hybridized carbons (Fsp3) is 0.400. The summed E-state index contributed by atoms with van der Waals surface area (Å²) >= 11 is 0. The minimum Gasteiger partial charge on any atom is -0.479 e. The molecule has 164 valence electrons. The Hall–Kier alpha value is -3.50. The first-order chi connectivity index (χ1) is 14.9. The summed E-state index contributed by atoms with van der Waals surface area (Å²) in [7, 11) is 3.21. The lowest BCUT2D eigenvalue weighted by Gasteiger charge is -2.36. The zero-order chi connectivity index (χ0) is 22.1. The van der Waals surface area contributed by atoms with Crippen molar-refractivity contribution in [1.82, 2.24) is 24.2 Å². The summed E-state index contributed by atoms with van der Waals surface area (Å²) in [4.78, 5) is 33.2. The third-order valence-corrected chi connectivity index (χ3v) is 5.29. The molecule has 4 rings (SSSR count). The lowest BCUT2D eigenvalue weighted by atomic mass is 10.2. The Balaban J connectivity index is 1.48. The number of benzene rings is 1. The van der Waals surface area contributed by atoms with Crippen LogP contribution in [0.1, 0.15) is 10.4 Å². The second-order valence-electron chi connectivity index (χ2n) is 7.30. The number of rotatable bonds is 5. The first-order valence-electron chi connectivity index (χ1n) is 9.76. The highest BCUT2D eigenvalue weighted by Gasteiger charge is 2.26. The number of hydrogen-bond donors (Lipinski definition) is 0. The summed E-state index contributed by atoms with van der Waals surface area (Å²) in [6.45, 7) is 1.54. The summed E-state index contributed by atoms with van der Waals surface area (Å²) in [6.07, 6.45) is 0.170. The van der Waals surface area contributed by atoms with E-state index >= 15 is 0 Å². The molecule has 3 heterocycles. The minimum atomic E-state index is -2.62. The number of aromatic nitrogens is 4. The number of nitrogens with zero attached hydrogens (tertiary/aromatic N) is 6. The van der Waals surface area contributed by atoms with E-state index in [0.717, 1.165) is 16.6 Å². The van der Waals surface area contributed by atoms with Crippen LogP contribution in [0, 0.1) is 0 Å². The molecule has 0 spiro atoms. The van der Waals surface area contributed by atoms with Crippen molar-refractivity contribution in [2.24, 2.45) is 7.05 Å². The van der Waals surface area contributed by atoms with E-state index in [2.05, 4.69) is 15.0 Å². The number of anilines is 1. The first-order valence-corrected chi connectivity index (χ1v) is 9.76. The molecule has 1 saturated heterocycles. The van der Waals surface area contributed by atoms with Gasteiger partial charge in [-0.05, 0) is 18.2 Å². The number of fused-ring (bicyclic) bond motifs is 1. The van der Waals surface area contributed by atoms with E-state index in [1.54, 1.807) is 41.0 Å². The van der Waals surface area contributed by atoms with Crippen molar-refractivity contribution in [1.29, 1.82) is 0 Å². The molecule has 0 aliphatic carbocycles. The predicted molar refractivity (Wildman–Crippen MR) is 110 cm³/mol. The average Bonchev–Trinajstić information content (AvgIpc) is 3.15. The monoisotopic (exact) mass is 432 g/mol. The smallest absolute Gasteiger partial charge is 0.261 e. The lowest BCUT2D eigenvalue weighted by Crippen LogP contribution is -2.48. The van der Waals surface area contributed by atoms with Crippen LogP contribution in [-0.4, -0.2) is 69.9 Å². The molecule has 3 aromatic rings. The first kappa shape index (κ1) is 20.8. The van der Waals surface area contributed by atoms with Crippen LogP contribution in [0.4, 0.5) is 14.5 Å². The van der Waals surface area contributed by atoms with E-state index in [9.17, 15) is 18.4 Å². The summed E-state index contributed by atoms with van der Waals surface area (Å²) in [6, 6.07) is 5.16. The van der Waals surface area contributed by atoms with Crippen molar-refractivity contribution in [3.8, 4) is 5.88 Å². The van der Waals surface area contributed by atoms with Gasteiger partial charge >= 0.3 is 0 Å². The van der Waals surface area contributed by atoms with Crippen molar-refractivity contribution in [2.75, 3.05) is 38.2 Å². The maximum Gasteiger partial charge on any atom is 0.261 e. The Kier molecular flexibility index (Phi) is 5.57. The normalized spacial score (nSPS) is 14.5. The topological polar surface area (TPSA) is 85.5 Å². The molecule has 2 aromatic heterocycles. The van der Waals surface area contributed by atoms with E-state index in [0.29, 0.717) is 48.5 Å². The minimum absolute atomic E-state index is 0.135. The molecular weight excluding hydrogens is 410 g/mol. The molecule has 0 bridgehead atoms. The van der Waals surface area contributed by atoms with Gasteiger partial charge in [-0.1, -0.05) is 0 Å². The number of hydrogen-bond acceptors (Lipinski definition) is 6. The van der Waals surface area contributed by atoms with E-state index in [-0.39, 0.29) is 5.91 Å². The van der Waals surface area contributed by atoms with Crippen LogP contribution >= 0.6 is 0 Å². The predicted octanol–water partition coefficient (Wildman–Crippen LogP) is 1.37. The molecule has 1 aliphatic rings. The quantitative estimate of drug-likeness (QED) is 0.606. The summed E-state index contributed by atoms with van der Waals surface area (Å²) < 4.78 is 32.9. The third kappa shape index (κ3) is 4.07. The number of alkyl halides is 2. The number of amides is 1. The number of ether oxygens (including phenoxy) is 1. The van der Waals surface area contributed by atoms with E-state index in [4.69, 9.17) is 4.74 Å². The second-order valence-corrected chi connectivity index (χ2v) is 7.30. The molecular formula is C20H22F2N6O3. The van der Waals surface area contributed by atoms with Crippen LogP contribution in [0.3, 0.4) is 0 Å². The molecule has 1 amide bonds. The fourth-order valence-electron chi connectivity index (χ4n) is 3.73. The number of carbonyl (C=O) groups is 1. The summed E-state index contributed by atoms with van der Waals surface area (Å²) in [5, 5.41) is 4.42. The van der Waals surface area contributed by atoms with Crippen molar-refractivity contribution in [3.05, 3.63) is 46.6 Å². The molecule has 11 heteroatoms. The summed E-state index contributed by atoms with van der Waals surface area (Å²) in [5.74, 6) is 0.164. The highest BCUT2D eigenvalue weighted by molar-refractivity contribution is 5.96. The average molecular weight is 432 g/mol. The van der Waals surface area contributed by atoms with Crippen molar-refractivity contribution >= 4 is 22.5 Å². The van der Waals surface area contributed by atoms with Crippen LogP contribution in [0.5, 0.6) is 5.88 Å². The zero-order valence-electron chi connectivity index (χ0n) is 17.2. The highest BCUT2D eigenvalue weighted by atomic mass is 19.3. The maximum atomic E-state index is 12.8. The van der Waals surface area contributed by atoms with Gasteiger partial charge in [-0.25, -0.2) is 13.8 Å². The van der Waals surface area contributed by atoms with Crippen LogP contribution in [0.25, 0.3) is 10.9 Å². The molecule has 1 aromatic carbocycles. The Labute approximate surface area is 176 Å². The van der Waals surface area contributed by atoms with Crippen LogP contribution in [0.2, 0.25) is 0 Å². The largest absolute Gasteiger partial charge is 0.479 e. The van der Waals surface area contributed by atoms with Gasteiger partial charge < -0.3 is 14.5 Å². The Morgan fingerprint density at radius 1 is 1.23 bits per heavy atom. The van der Waals surface area contributed by atoms with E-state index in [1.165, 1.54) is 7.11 Å². The lowest BCUT2D eigenvalue weighted by molar-refractivity contribution is 0.0743. The van der Waals surface area contributed by atoms with Gasteiger partial charge in [0.25, 0.3) is 17.9 Å². The number of methoxy groups -OCH3 is 1. The molecule has 0 atom stereocenters. The van der Waals surface area contributed by atoms with Gasteiger partial charge in [0, 0.05) is 45.1 Å². The molecule has 0 saturated carbocycles. The summed E-state index contributed by atoms with van der Waals surface area (Å²) in [5.41, 5.74) is 1.25. The molecule has 1 aliphatic heterocycles. The third-order valence-electron chi connectivity index (χ3n) is 5.29. The molecule has 0 N–H and O–H groups in total. The van der Waals surface area contributed by atoms with Crippen molar-refractivity contribution in [2.45, 2.75) is 13.0 Å². The Bertz CT molecular complexity index is 1170. The van der Waals surface area contributed by atoms with Gasteiger partial charge in [0.15, 0.2) is 0 Å². The molecule has 0 unspecified atom stereocenters. The van der Waals surface area contributed by atoms with Gasteiger partial charge in [0.1, 0.15) is 5.56 Å². The molecule has 1 fully saturated rings. The number of halogens is 2. The number of aryl methyl sites for hydroxylation is 1. The number of piperazine rings is 1. The fourth-order valence-corrected chi connectivity index (χ4v) is 3.73. The second kappa shape index (κ2) is 8.32. The van der Waals surface area contributed by atoms with Crippen LogP contribution < -0.4 is 15.2 Å². The van der Waals surface area contributed by atoms with Gasteiger partial charge in [-0.15, -0.1) is 5.10 Å². The zero-order valence-corrected chi connectivity index (χ0v) is 17.2. The van der Waals surface area contributed by atoms with E-state index in [1.807, 2.05) is 0 Å². The highest BCUT2D eigenvalue weighted by Crippen LogP contribution is 2.22. The Morgan fingerprint density at radius 3 is 2.65 bits per heavy atom. The van der Waals surface area contributed by atoms with Crippen LogP contribution in [0.15, 0.2) is 35.5 Å². The van der Waals surface area contributed by atoms with E-state index < -0.39 is 18.5 Å². The van der Waals surface area contributed by atoms with Gasteiger partial charge in [-0.2, -0.15) is 0 Å². The van der Waals surface area contributed by atoms with Crippen LogP contribution in [-0.2, 0) is 13.6 Å². The Morgan fingerprint density at radius 2 is 1.97 bits per heavy atom. The van der Waals surface area contributed by atoms with Crippen molar-refractivity contribution in [3.63, 3.8) is 0 Å². The maximum absolute atomic E-state index is 12.8. The van der Waals surface area contributed by atoms with Gasteiger partial charge in [0.2, 0.25) is 5.88 Å². The SMILES string of the molecule is COc1nn(C)cc1C(=O)N1CCN(c2ccc3c(=O)n(CC(F)F)cnc3c2)CC1. The van der Waals surface area contributed by atoms with Gasteiger partial charge in [-0.3, -0.25) is 18.8 Å². The molecule has 9 nitrogen and oxygen atoms in total. The molecule has 31 heavy (non-hydrogen) atoms. The molecule has 0 radical (unpaired) electrons. The standard InChI is InChI=1S/C20H22F2N6O3/c1-25-10-15(18(24-25)31-2)20(30)27-7-5-26(6-8-27)13-3-4-14-16(9-13)23-12-28(19(14)29)11-17(21)22/h3-4,9-10,12,17H,5-8,11H2,1-2H3. The number of carbonyl (C=O) groups excluding carboxylic acids is 1. The van der Waals surface area contributed by atoms with Crippen molar-refractivity contribution < 1.29 is 18.3 Å². The van der Waals surface area contributed by atoms with Gasteiger partial charge in [0.05, 0.1) is 30.9 Å².